The minimum absolute atomic E-state index is 0. The molecule has 3 aliphatic rings. The zero-order chi connectivity index (χ0) is 33.3. The summed E-state index contributed by atoms with van der Waals surface area (Å²) in [6.45, 7) is -1.59. The molecular formula is C31H33Cl2F2N3O8S2. The number of thioether (sulfide) groups is 1. The second-order valence-electron chi connectivity index (χ2n) is 11.3. The molecule has 0 spiro atoms. The number of hydrogen-bond donors (Lipinski definition) is 0. The van der Waals surface area contributed by atoms with E-state index in [1.807, 2.05) is 11.9 Å². The second-order valence-corrected chi connectivity index (χ2v) is 15.2. The number of anilines is 1. The molecule has 2 aliphatic heterocycles. The normalized spacial score (nSPS) is 18.5. The van der Waals surface area contributed by atoms with Crippen molar-refractivity contribution in [1.82, 2.24) is 4.31 Å². The van der Waals surface area contributed by atoms with Crippen LogP contribution in [0.5, 0.6) is 17.2 Å². The number of aromatic nitrogens is 1. The lowest BCUT2D eigenvalue weighted by Gasteiger charge is -2.29. The standard InChI is InChI=1S/C31H31Cl2F2N3O7S2.H2O/c1-37-8-10-42-25-7-5-20(13-24(25)37)47(40,41)38-9-11-46-29(38)30(39)44-27(14-21-22(32)15-36-16-23(21)33)19-4-6-26(45-31(34)35)28(12-19)43-17-18-2-3-18;/h4-7,12-13,15-16,18,27,29,31H,2-3,8-11,14,17H2,1H3;1H2/t27-,29-;/m0./s1. The summed E-state index contributed by atoms with van der Waals surface area (Å²) >= 11 is 14.0. The molecule has 0 radical (unpaired) electrons. The van der Waals surface area contributed by atoms with Crippen LogP contribution in [-0.2, 0) is 26.0 Å². The minimum Gasteiger partial charge on any atom is -0.870 e. The van der Waals surface area contributed by atoms with Gasteiger partial charge in [0.1, 0.15) is 28.5 Å². The molecule has 0 amide bonds. The van der Waals surface area contributed by atoms with E-state index in [4.69, 9.17) is 37.4 Å². The molecule has 0 bridgehead atoms. The van der Waals surface area contributed by atoms with Crippen LogP contribution in [0.25, 0.3) is 0 Å². The maximum atomic E-state index is 13.9. The number of halogens is 4. The Kier molecular flexibility index (Phi) is 11.5. The molecule has 2 atom stereocenters. The number of pyridine rings is 1. The number of esters is 1. The number of benzene rings is 2. The molecule has 2 fully saturated rings. The zero-order valence-corrected chi connectivity index (χ0v) is 28.8. The van der Waals surface area contributed by atoms with E-state index >= 15 is 0 Å². The Bertz CT molecular complexity index is 1730. The summed E-state index contributed by atoms with van der Waals surface area (Å²) in [4.78, 5) is 18.6. The highest BCUT2D eigenvalue weighted by Gasteiger charge is 2.42. The van der Waals surface area contributed by atoms with Crippen molar-refractivity contribution in [2.45, 2.75) is 42.2 Å². The molecule has 0 unspecified atom stereocenters. The van der Waals surface area contributed by atoms with Crippen LogP contribution in [0.15, 0.2) is 53.7 Å². The van der Waals surface area contributed by atoms with Crippen molar-refractivity contribution in [1.29, 1.82) is 0 Å². The van der Waals surface area contributed by atoms with E-state index in [0.717, 1.165) is 28.9 Å². The largest absolute Gasteiger partial charge is 0.870 e. The van der Waals surface area contributed by atoms with Crippen LogP contribution in [0.4, 0.5) is 14.5 Å². The number of nitrogens with one attached hydrogen (secondary N) is 1. The van der Waals surface area contributed by atoms with Gasteiger partial charge >= 0.3 is 12.6 Å². The molecule has 48 heavy (non-hydrogen) atoms. The van der Waals surface area contributed by atoms with Gasteiger partial charge in [-0.3, -0.25) is 0 Å². The second kappa shape index (κ2) is 15.2. The summed E-state index contributed by atoms with van der Waals surface area (Å²) < 4.78 is 77.6. The Morgan fingerprint density at radius 1 is 1.10 bits per heavy atom. The van der Waals surface area contributed by atoms with Gasteiger partial charge in [-0.15, -0.1) is 11.8 Å². The van der Waals surface area contributed by atoms with E-state index in [1.165, 1.54) is 36.7 Å². The number of likely N-dealkylation sites (N-methyl/N-ethyl adjacent to an activating group) is 1. The Hall–Kier alpha value is -3.08. The molecule has 17 heteroatoms. The lowest BCUT2D eigenvalue weighted by atomic mass is 10.0. The lowest BCUT2D eigenvalue weighted by Crippen LogP contribution is -2.41. The number of nitrogens with zero attached hydrogens (tertiary/aromatic N) is 2. The number of aromatic amines is 1. The first-order chi connectivity index (χ1) is 22.5. The first-order valence-corrected chi connectivity index (χ1v) is 18.1. The van der Waals surface area contributed by atoms with Crippen molar-refractivity contribution < 1.29 is 51.4 Å². The quantitative estimate of drug-likeness (QED) is 0.220. The molecular weight excluding hydrogens is 715 g/mol. The van der Waals surface area contributed by atoms with Gasteiger partial charge in [0.15, 0.2) is 29.3 Å². The number of carbonyl (C=O) groups is 1. The first kappa shape index (κ1) is 36.2. The van der Waals surface area contributed by atoms with Crippen molar-refractivity contribution in [2.75, 3.05) is 44.0 Å². The molecule has 1 saturated carbocycles. The van der Waals surface area contributed by atoms with Crippen LogP contribution in [0.2, 0.25) is 10.0 Å². The molecule has 6 rings (SSSR count). The predicted octanol–water partition coefficient (Wildman–Crippen LogP) is 5.44. The van der Waals surface area contributed by atoms with Crippen LogP contribution in [0.1, 0.15) is 30.1 Å². The fourth-order valence-electron chi connectivity index (χ4n) is 5.32. The van der Waals surface area contributed by atoms with Gasteiger partial charge in [0.2, 0.25) is 10.0 Å². The molecule has 3 heterocycles. The number of hydrogen-bond acceptors (Lipinski definition) is 10. The molecule has 11 nitrogen and oxygen atoms in total. The van der Waals surface area contributed by atoms with Gasteiger partial charge < -0.3 is 29.3 Å². The Morgan fingerprint density at radius 3 is 2.56 bits per heavy atom. The van der Waals surface area contributed by atoms with E-state index in [1.54, 1.807) is 12.1 Å². The average molecular weight is 749 g/mol. The van der Waals surface area contributed by atoms with Crippen LogP contribution >= 0.6 is 35.0 Å². The van der Waals surface area contributed by atoms with Crippen LogP contribution in [0, 0.1) is 5.92 Å². The van der Waals surface area contributed by atoms with E-state index in [-0.39, 0.29) is 44.9 Å². The van der Waals surface area contributed by atoms with Gasteiger partial charge in [0.05, 0.1) is 23.7 Å². The van der Waals surface area contributed by atoms with E-state index < -0.39 is 34.1 Å². The number of alkyl halides is 2. The molecule has 1 aliphatic carbocycles. The third-order valence-electron chi connectivity index (χ3n) is 8.05. The van der Waals surface area contributed by atoms with Crippen molar-refractivity contribution in [3.63, 3.8) is 0 Å². The van der Waals surface area contributed by atoms with Gasteiger partial charge in [-0.25, -0.2) is 18.2 Å². The maximum Gasteiger partial charge on any atom is 0.387 e. The summed E-state index contributed by atoms with van der Waals surface area (Å²) in [5, 5.41) is -0.626. The van der Waals surface area contributed by atoms with Crippen molar-refractivity contribution in [3.8, 4) is 17.2 Å². The summed E-state index contributed by atoms with van der Waals surface area (Å²) in [6, 6.07) is 8.91. The van der Waals surface area contributed by atoms with Crippen LogP contribution in [0.3, 0.4) is 0 Å². The lowest BCUT2D eigenvalue weighted by molar-refractivity contribution is -0.377. The van der Waals surface area contributed by atoms with Gasteiger partial charge in [-0.05, 0) is 54.7 Å². The third-order valence-corrected chi connectivity index (χ3v) is 11.9. The van der Waals surface area contributed by atoms with Gasteiger partial charge in [-0.2, -0.15) is 13.1 Å². The summed E-state index contributed by atoms with van der Waals surface area (Å²) in [5.41, 5.74) is 1.49. The Balaban J connectivity index is 0.00000451. The van der Waals surface area contributed by atoms with Crippen LogP contribution < -0.4 is 24.1 Å². The van der Waals surface area contributed by atoms with Crippen LogP contribution in [-0.4, -0.2) is 75.3 Å². The molecule has 1 aromatic heterocycles. The van der Waals surface area contributed by atoms with Gasteiger partial charge in [0.25, 0.3) is 0 Å². The summed E-state index contributed by atoms with van der Waals surface area (Å²) in [7, 11) is -2.27. The van der Waals surface area contributed by atoms with Crippen molar-refractivity contribution in [3.05, 3.63) is 70.0 Å². The summed E-state index contributed by atoms with van der Waals surface area (Å²) in [5.74, 6) is 0.360. The van der Waals surface area contributed by atoms with E-state index in [2.05, 4.69) is 9.72 Å². The minimum atomic E-state index is -4.12. The molecule has 260 valence electrons. The number of fused-ring (bicyclic) bond motifs is 1. The smallest absolute Gasteiger partial charge is 0.387 e. The SMILES string of the molecule is CN1CCOc2ccc(S(=O)(=O)N3CCS[C@H]3C(=O)O[C@@H](Cc3c(Cl)c[nH+]cc3Cl)c3ccc(OC(F)F)c(OCC4CC4)c3)cc21.[OH-]. The van der Waals surface area contributed by atoms with Crippen molar-refractivity contribution in [2.24, 2.45) is 5.92 Å². The maximum absolute atomic E-state index is 13.9. The molecule has 2 N–H and O–H groups in total. The molecule has 1 saturated heterocycles. The number of rotatable bonds is 12. The number of carbonyl (C=O) groups excluding carboxylic acids is 1. The Labute approximate surface area is 290 Å². The van der Waals surface area contributed by atoms with Gasteiger partial charge in [0, 0.05) is 31.3 Å². The highest BCUT2D eigenvalue weighted by molar-refractivity contribution is 8.02. The van der Waals surface area contributed by atoms with E-state index in [0.29, 0.717) is 54.0 Å². The number of ether oxygens (including phenoxy) is 4. The molecule has 2 aromatic carbocycles. The highest BCUT2D eigenvalue weighted by Crippen LogP contribution is 2.40. The molecule has 3 aromatic rings. The zero-order valence-electron chi connectivity index (χ0n) is 25.6. The monoisotopic (exact) mass is 747 g/mol. The van der Waals surface area contributed by atoms with Gasteiger partial charge in [-0.1, -0.05) is 29.3 Å². The fourth-order valence-corrected chi connectivity index (χ4v) is 8.92. The third kappa shape index (κ3) is 8.03. The highest BCUT2D eigenvalue weighted by atomic mass is 35.5. The number of sulfonamides is 1. The summed E-state index contributed by atoms with van der Waals surface area (Å²) in [6.07, 6.45) is 3.93. The number of H-pyrrole nitrogens is 1. The average Bonchev–Trinajstić information content (AvgIpc) is 3.73. The first-order valence-electron chi connectivity index (χ1n) is 14.9. The fraction of sp³-hybridized carbons (Fsp3) is 0.419. The predicted molar refractivity (Wildman–Crippen MR) is 174 cm³/mol. The Morgan fingerprint density at radius 2 is 1.85 bits per heavy atom. The topological polar surface area (TPSA) is 139 Å². The van der Waals surface area contributed by atoms with Crippen molar-refractivity contribution >= 4 is 56.6 Å². The van der Waals surface area contributed by atoms with E-state index in [9.17, 15) is 22.0 Å².